The second-order valence-electron chi connectivity index (χ2n) is 6.10. The Kier molecular flexibility index (Phi) is 6.85. The lowest BCUT2D eigenvalue weighted by Crippen LogP contribution is -2.15. The van der Waals surface area contributed by atoms with E-state index in [0.29, 0.717) is 18.0 Å². The lowest BCUT2D eigenvalue weighted by Gasteiger charge is -2.19. The highest BCUT2D eigenvalue weighted by Crippen LogP contribution is 2.27. The van der Waals surface area contributed by atoms with E-state index < -0.39 is 5.97 Å². The Morgan fingerprint density at radius 3 is 2.75 bits per heavy atom. The summed E-state index contributed by atoms with van der Waals surface area (Å²) in [4.78, 5) is 23.4. The molecule has 0 bridgehead atoms. The topological polar surface area (TPSA) is 64.6 Å². The number of carbonyl (C=O) groups is 2. The number of esters is 1. The van der Waals surface area contributed by atoms with Gasteiger partial charge in [0.05, 0.1) is 6.61 Å². The van der Waals surface area contributed by atoms with Crippen molar-refractivity contribution in [3.63, 3.8) is 0 Å². The highest BCUT2D eigenvalue weighted by molar-refractivity contribution is 5.99. The fourth-order valence-corrected chi connectivity index (χ4v) is 2.65. The van der Waals surface area contributed by atoms with E-state index in [2.05, 4.69) is 12.2 Å². The fourth-order valence-electron chi connectivity index (χ4n) is 2.65. The van der Waals surface area contributed by atoms with Crippen LogP contribution in [0.2, 0.25) is 0 Å². The third kappa shape index (κ3) is 6.07. The van der Waals surface area contributed by atoms with E-state index in [1.54, 1.807) is 37.3 Å². The van der Waals surface area contributed by atoms with Crippen LogP contribution in [-0.4, -0.2) is 25.1 Å². The third-order valence-electron chi connectivity index (χ3n) is 4.02. The predicted molar refractivity (Wildman–Crippen MR) is 92.9 cm³/mol. The van der Waals surface area contributed by atoms with Crippen LogP contribution in [0, 0.1) is 5.92 Å². The van der Waals surface area contributed by atoms with Gasteiger partial charge < -0.3 is 14.8 Å². The third-order valence-corrected chi connectivity index (χ3v) is 4.02. The average Bonchev–Trinajstić information content (AvgIpc) is 2.56. The number of carbonyl (C=O) groups excluding carboxylic acids is 2. The summed E-state index contributed by atoms with van der Waals surface area (Å²) in [6, 6.07) is 6.98. The Morgan fingerprint density at radius 1 is 1.29 bits per heavy atom. The summed E-state index contributed by atoms with van der Waals surface area (Å²) in [7, 11) is 0. The molecule has 0 unspecified atom stereocenters. The van der Waals surface area contributed by atoms with Crippen molar-refractivity contribution in [1.82, 2.24) is 0 Å². The molecule has 0 saturated heterocycles. The van der Waals surface area contributed by atoms with Crippen molar-refractivity contribution in [2.75, 3.05) is 18.5 Å². The summed E-state index contributed by atoms with van der Waals surface area (Å²) in [5, 5.41) is 2.84. The van der Waals surface area contributed by atoms with Crippen LogP contribution >= 0.6 is 0 Å². The maximum absolute atomic E-state index is 12.1. The Bertz CT molecular complexity index is 599. The van der Waals surface area contributed by atoms with E-state index in [1.165, 1.54) is 5.57 Å². The highest BCUT2D eigenvalue weighted by Gasteiger charge is 2.13. The molecule has 1 saturated carbocycles. The molecule has 2 rings (SSSR count). The van der Waals surface area contributed by atoms with Gasteiger partial charge in [0, 0.05) is 17.8 Å². The summed E-state index contributed by atoms with van der Waals surface area (Å²) in [6.07, 6.45) is 6.00. The zero-order valence-electron chi connectivity index (χ0n) is 14.3. The van der Waals surface area contributed by atoms with Crippen molar-refractivity contribution < 1.29 is 19.1 Å². The molecule has 5 nitrogen and oxygen atoms in total. The summed E-state index contributed by atoms with van der Waals surface area (Å²) < 4.78 is 10.2. The first-order valence-corrected chi connectivity index (χ1v) is 8.45. The van der Waals surface area contributed by atoms with E-state index >= 15 is 0 Å². The maximum atomic E-state index is 12.1. The minimum atomic E-state index is -0.414. The van der Waals surface area contributed by atoms with Gasteiger partial charge >= 0.3 is 5.97 Å². The van der Waals surface area contributed by atoms with Gasteiger partial charge in [0.2, 0.25) is 5.91 Å². The number of nitrogens with one attached hydrogen (secondary N) is 1. The normalized spacial score (nSPS) is 17.1. The van der Waals surface area contributed by atoms with Crippen LogP contribution in [0.1, 0.15) is 39.5 Å². The second-order valence-corrected chi connectivity index (χ2v) is 6.10. The molecule has 5 heteroatoms. The molecular weight excluding hydrogens is 306 g/mol. The lowest BCUT2D eigenvalue weighted by atomic mass is 9.87. The molecular formula is C19H25NO4. The molecule has 1 aliphatic rings. The highest BCUT2D eigenvalue weighted by atomic mass is 16.6. The molecule has 0 atom stereocenters. The molecule has 24 heavy (non-hydrogen) atoms. The minimum Gasteiger partial charge on any atom is -0.482 e. The number of anilines is 1. The molecule has 1 aromatic carbocycles. The molecule has 1 aromatic rings. The van der Waals surface area contributed by atoms with Crippen LogP contribution < -0.4 is 10.1 Å². The van der Waals surface area contributed by atoms with Gasteiger partial charge in [-0.15, -0.1) is 0 Å². The smallest absolute Gasteiger partial charge is 0.344 e. The number of rotatable bonds is 6. The number of allylic oxidation sites excluding steroid dienone is 1. The molecule has 0 radical (unpaired) electrons. The Hall–Kier alpha value is -2.30. The zero-order chi connectivity index (χ0) is 17.4. The average molecular weight is 331 g/mol. The van der Waals surface area contributed by atoms with E-state index in [0.717, 1.165) is 31.6 Å². The Balaban J connectivity index is 1.88. The molecule has 0 heterocycles. The molecule has 1 amide bonds. The van der Waals surface area contributed by atoms with Gasteiger partial charge in [-0.05, 0) is 50.7 Å². The summed E-state index contributed by atoms with van der Waals surface area (Å²) in [5.74, 6) is 0.726. The predicted octanol–water partition coefficient (Wildman–Crippen LogP) is 3.70. The number of benzene rings is 1. The van der Waals surface area contributed by atoms with Crippen LogP contribution in [-0.2, 0) is 14.3 Å². The number of hydrogen-bond acceptors (Lipinski definition) is 4. The molecule has 0 aliphatic heterocycles. The molecule has 0 spiro atoms. The molecule has 130 valence electrons. The van der Waals surface area contributed by atoms with Gasteiger partial charge in [0.25, 0.3) is 0 Å². The standard InChI is InChI=1S/C19H25NO4/c1-3-23-19(22)13-24-17-6-4-5-16(12-17)20-18(21)11-15-9-7-14(2)8-10-15/h4-6,11-12,14H,3,7-10,13H2,1-2H3,(H,20,21). The fraction of sp³-hybridized carbons (Fsp3) is 0.474. The van der Waals surface area contributed by atoms with Crippen LogP contribution in [0.3, 0.4) is 0 Å². The number of ether oxygens (including phenoxy) is 2. The first-order chi connectivity index (χ1) is 11.6. The SMILES string of the molecule is CCOC(=O)COc1cccc(NC(=O)C=C2CCC(C)CC2)c1. The zero-order valence-corrected chi connectivity index (χ0v) is 14.3. The summed E-state index contributed by atoms with van der Waals surface area (Å²) in [6.45, 7) is 4.17. The monoisotopic (exact) mass is 331 g/mol. The second kappa shape index (κ2) is 9.11. The van der Waals surface area contributed by atoms with Crippen LogP contribution in [0.15, 0.2) is 35.9 Å². The van der Waals surface area contributed by atoms with Gasteiger partial charge in [-0.2, -0.15) is 0 Å². The molecule has 0 aromatic heterocycles. The van der Waals surface area contributed by atoms with Crippen molar-refractivity contribution >= 4 is 17.6 Å². The van der Waals surface area contributed by atoms with Gasteiger partial charge in [-0.1, -0.05) is 18.6 Å². The van der Waals surface area contributed by atoms with Crippen molar-refractivity contribution in [1.29, 1.82) is 0 Å². The van der Waals surface area contributed by atoms with Gasteiger partial charge in [0.1, 0.15) is 5.75 Å². The van der Waals surface area contributed by atoms with E-state index in [-0.39, 0.29) is 12.5 Å². The molecule has 1 aliphatic carbocycles. The number of amides is 1. The Morgan fingerprint density at radius 2 is 2.04 bits per heavy atom. The van der Waals surface area contributed by atoms with Crippen LogP contribution in [0.5, 0.6) is 5.75 Å². The van der Waals surface area contributed by atoms with E-state index in [9.17, 15) is 9.59 Å². The van der Waals surface area contributed by atoms with Crippen LogP contribution in [0.4, 0.5) is 5.69 Å². The first kappa shape index (κ1) is 18.0. The maximum Gasteiger partial charge on any atom is 0.344 e. The van der Waals surface area contributed by atoms with Crippen molar-refractivity contribution in [2.24, 2.45) is 5.92 Å². The summed E-state index contributed by atoms with van der Waals surface area (Å²) >= 11 is 0. The first-order valence-electron chi connectivity index (χ1n) is 8.45. The molecule has 1 N–H and O–H groups in total. The minimum absolute atomic E-state index is 0.123. The quantitative estimate of drug-likeness (QED) is 0.637. The van der Waals surface area contributed by atoms with E-state index in [1.807, 2.05) is 0 Å². The van der Waals surface area contributed by atoms with Crippen LogP contribution in [0.25, 0.3) is 0 Å². The van der Waals surface area contributed by atoms with Crippen molar-refractivity contribution in [3.05, 3.63) is 35.9 Å². The van der Waals surface area contributed by atoms with Gasteiger partial charge in [0.15, 0.2) is 6.61 Å². The molecule has 1 fully saturated rings. The van der Waals surface area contributed by atoms with E-state index in [4.69, 9.17) is 9.47 Å². The van der Waals surface area contributed by atoms with Crippen molar-refractivity contribution in [2.45, 2.75) is 39.5 Å². The van der Waals surface area contributed by atoms with Gasteiger partial charge in [-0.25, -0.2) is 4.79 Å². The lowest BCUT2D eigenvalue weighted by molar-refractivity contribution is -0.145. The van der Waals surface area contributed by atoms with Gasteiger partial charge in [-0.3, -0.25) is 4.79 Å². The largest absolute Gasteiger partial charge is 0.482 e. The van der Waals surface area contributed by atoms with Crippen molar-refractivity contribution in [3.8, 4) is 5.75 Å². The Labute approximate surface area is 143 Å². The number of hydrogen-bond donors (Lipinski definition) is 1. The summed E-state index contributed by atoms with van der Waals surface area (Å²) in [5.41, 5.74) is 1.85.